The fraction of sp³-hybridized carbons (Fsp3) is 0.333. The van der Waals surface area contributed by atoms with Crippen LogP contribution in [0.4, 0.5) is 16.2 Å². The normalized spacial score (nSPS) is 21.6. The summed E-state index contributed by atoms with van der Waals surface area (Å²) in [6, 6.07) is 16.1. The quantitative estimate of drug-likeness (QED) is 0.780. The molecule has 2 aromatic rings. The van der Waals surface area contributed by atoms with Gasteiger partial charge < -0.3 is 15.2 Å². The smallest absolute Gasteiger partial charge is 0.412 e. The molecule has 27 heavy (non-hydrogen) atoms. The molecule has 0 aliphatic carbocycles. The minimum absolute atomic E-state index is 0.276. The van der Waals surface area contributed by atoms with E-state index in [1.807, 2.05) is 43.3 Å². The molecule has 3 rings (SSSR count). The Balaban J connectivity index is 2.23. The van der Waals surface area contributed by atoms with Gasteiger partial charge in [0.1, 0.15) is 5.54 Å². The van der Waals surface area contributed by atoms with Crippen molar-refractivity contribution in [3.63, 3.8) is 0 Å². The lowest BCUT2D eigenvalue weighted by molar-refractivity contribution is -0.146. The maximum atomic E-state index is 12.8. The molecule has 0 saturated heterocycles. The molecule has 1 aliphatic rings. The number of carboxylic acid groups (broad SMARTS) is 1. The van der Waals surface area contributed by atoms with Crippen molar-refractivity contribution >= 4 is 23.4 Å². The van der Waals surface area contributed by atoms with Gasteiger partial charge in [-0.05, 0) is 24.1 Å². The molecule has 2 atom stereocenters. The number of hydrogen-bond donors (Lipinski definition) is 2. The van der Waals surface area contributed by atoms with Crippen LogP contribution in [0.2, 0.25) is 0 Å². The monoisotopic (exact) mass is 368 g/mol. The summed E-state index contributed by atoms with van der Waals surface area (Å²) in [5.74, 6) is -0.382. The second-order valence-corrected chi connectivity index (χ2v) is 6.75. The highest BCUT2D eigenvalue weighted by Gasteiger charge is 2.46. The molecular formula is C21H24N2O4. The fourth-order valence-electron chi connectivity index (χ4n) is 3.89. The van der Waals surface area contributed by atoms with Gasteiger partial charge >= 0.3 is 12.1 Å². The fourth-order valence-corrected chi connectivity index (χ4v) is 3.89. The first-order valence-electron chi connectivity index (χ1n) is 9.05. The number of nitrogens with zero attached hydrogens (tertiary/aromatic N) is 1. The predicted molar refractivity (Wildman–Crippen MR) is 104 cm³/mol. The predicted octanol–water partition coefficient (Wildman–Crippen LogP) is 4.44. The molecule has 6 heteroatoms. The van der Waals surface area contributed by atoms with Gasteiger partial charge in [0.25, 0.3) is 0 Å². The number of methoxy groups -OCH3 is 1. The summed E-state index contributed by atoms with van der Waals surface area (Å²) in [7, 11) is 1.37. The van der Waals surface area contributed by atoms with E-state index < -0.39 is 17.7 Å². The zero-order valence-electron chi connectivity index (χ0n) is 15.5. The van der Waals surface area contributed by atoms with E-state index >= 15 is 0 Å². The van der Waals surface area contributed by atoms with Crippen LogP contribution in [0.15, 0.2) is 54.6 Å². The summed E-state index contributed by atoms with van der Waals surface area (Å²) in [4.78, 5) is 26.4. The molecule has 2 N–H and O–H groups in total. The summed E-state index contributed by atoms with van der Waals surface area (Å²) < 4.78 is 5.13. The van der Waals surface area contributed by atoms with Crippen LogP contribution in [0.1, 0.15) is 37.8 Å². The van der Waals surface area contributed by atoms with E-state index in [1.165, 1.54) is 12.0 Å². The minimum atomic E-state index is -1.06. The van der Waals surface area contributed by atoms with E-state index in [0.717, 1.165) is 12.0 Å². The number of nitrogens with one attached hydrogen (secondary N) is 1. The van der Waals surface area contributed by atoms with Gasteiger partial charge in [-0.15, -0.1) is 0 Å². The minimum Gasteiger partial charge on any atom is -0.467 e. The molecule has 142 valence electrons. The van der Waals surface area contributed by atoms with Gasteiger partial charge in [-0.25, -0.2) is 9.59 Å². The van der Waals surface area contributed by atoms with Crippen LogP contribution in [0.25, 0.3) is 0 Å². The van der Waals surface area contributed by atoms with Crippen molar-refractivity contribution in [2.45, 2.75) is 37.8 Å². The number of fused-ring (bicyclic) bond motifs is 1. The van der Waals surface area contributed by atoms with Gasteiger partial charge in [-0.1, -0.05) is 55.8 Å². The number of carbonyl (C=O) groups excluding carboxylic acids is 1. The van der Waals surface area contributed by atoms with E-state index in [4.69, 9.17) is 4.74 Å². The number of carbonyl (C=O) groups is 2. The van der Waals surface area contributed by atoms with Crippen LogP contribution in [-0.2, 0) is 9.53 Å². The Hall–Kier alpha value is -3.02. The number of anilines is 2. The van der Waals surface area contributed by atoms with Crippen LogP contribution < -0.4 is 10.2 Å². The maximum Gasteiger partial charge on any atom is 0.412 e. The molecule has 1 aliphatic heterocycles. The molecular weight excluding hydrogens is 344 g/mol. The second-order valence-electron chi connectivity index (χ2n) is 6.75. The zero-order chi connectivity index (χ0) is 19.4. The van der Waals surface area contributed by atoms with Crippen molar-refractivity contribution in [1.29, 1.82) is 0 Å². The zero-order valence-corrected chi connectivity index (χ0v) is 15.5. The SMILES string of the molecule is CCCC1(C(=O)OC)CC(c2ccccc2)N(C(=O)O)c2ccccc2N1. The second kappa shape index (κ2) is 7.70. The van der Waals surface area contributed by atoms with Crippen LogP contribution >= 0.6 is 0 Å². The summed E-state index contributed by atoms with van der Waals surface area (Å²) in [6.45, 7) is 2.00. The van der Waals surface area contributed by atoms with Crippen LogP contribution in [-0.4, -0.2) is 29.8 Å². The Labute approximate surface area is 158 Å². The largest absolute Gasteiger partial charge is 0.467 e. The number of rotatable bonds is 4. The molecule has 1 heterocycles. The highest BCUT2D eigenvalue weighted by Crippen LogP contribution is 2.44. The number of para-hydroxylation sites is 2. The molecule has 6 nitrogen and oxygen atoms in total. The summed E-state index contributed by atoms with van der Waals surface area (Å²) in [5, 5.41) is 13.3. The van der Waals surface area contributed by atoms with E-state index in [0.29, 0.717) is 17.8 Å². The molecule has 0 radical (unpaired) electrons. The first-order chi connectivity index (χ1) is 13.0. The average molecular weight is 368 g/mol. The van der Waals surface area contributed by atoms with E-state index in [9.17, 15) is 14.7 Å². The third-order valence-corrected chi connectivity index (χ3v) is 5.03. The van der Waals surface area contributed by atoms with Crippen molar-refractivity contribution in [2.75, 3.05) is 17.3 Å². The highest BCUT2D eigenvalue weighted by atomic mass is 16.5. The van der Waals surface area contributed by atoms with Crippen molar-refractivity contribution in [3.05, 3.63) is 60.2 Å². The summed E-state index contributed by atoms with van der Waals surface area (Å²) in [5.41, 5.74) is 0.963. The lowest BCUT2D eigenvalue weighted by atomic mass is 9.84. The lowest BCUT2D eigenvalue weighted by Gasteiger charge is -2.35. The van der Waals surface area contributed by atoms with E-state index in [1.54, 1.807) is 18.2 Å². The Morgan fingerprint density at radius 3 is 2.48 bits per heavy atom. The standard InChI is InChI=1S/C21H24N2O4/c1-3-13-21(19(24)27-2)14-18(15-9-5-4-6-10-15)23(20(25)26)17-12-8-7-11-16(17)22-21/h4-12,18,22H,3,13-14H2,1-2H3,(H,25,26). The highest BCUT2D eigenvalue weighted by molar-refractivity contribution is 5.95. The number of esters is 1. The van der Waals surface area contributed by atoms with Crippen LogP contribution in [0.5, 0.6) is 0 Å². The Morgan fingerprint density at radius 2 is 1.85 bits per heavy atom. The van der Waals surface area contributed by atoms with Gasteiger partial charge in [0, 0.05) is 6.42 Å². The van der Waals surface area contributed by atoms with E-state index in [2.05, 4.69) is 5.32 Å². The van der Waals surface area contributed by atoms with Gasteiger partial charge in [0.15, 0.2) is 0 Å². The number of hydrogen-bond acceptors (Lipinski definition) is 4. The molecule has 1 amide bonds. The van der Waals surface area contributed by atoms with Gasteiger partial charge in [0.05, 0.1) is 24.5 Å². The Morgan fingerprint density at radius 1 is 1.19 bits per heavy atom. The number of amides is 1. The van der Waals surface area contributed by atoms with E-state index in [-0.39, 0.29) is 12.4 Å². The van der Waals surface area contributed by atoms with Crippen molar-refractivity contribution < 1.29 is 19.4 Å². The Bertz CT molecular complexity index is 824. The molecule has 0 aromatic heterocycles. The van der Waals surface area contributed by atoms with Crippen LogP contribution in [0.3, 0.4) is 0 Å². The van der Waals surface area contributed by atoms with Crippen molar-refractivity contribution in [1.82, 2.24) is 0 Å². The number of benzene rings is 2. The number of ether oxygens (including phenoxy) is 1. The van der Waals surface area contributed by atoms with Gasteiger partial charge in [0.2, 0.25) is 0 Å². The average Bonchev–Trinajstić information content (AvgIpc) is 2.83. The third kappa shape index (κ3) is 3.47. The first-order valence-corrected chi connectivity index (χ1v) is 9.05. The van der Waals surface area contributed by atoms with Crippen molar-refractivity contribution in [2.24, 2.45) is 0 Å². The van der Waals surface area contributed by atoms with Gasteiger partial charge in [-0.2, -0.15) is 0 Å². The molecule has 0 saturated carbocycles. The molecule has 0 spiro atoms. The summed E-state index contributed by atoms with van der Waals surface area (Å²) >= 11 is 0. The third-order valence-electron chi connectivity index (χ3n) is 5.03. The topological polar surface area (TPSA) is 78.9 Å². The summed E-state index contributed by atoms with van der Waals surface area (Å²) in [6.07, 6.45) is 0.498. The molecule has 0 fully saturated rings. The first kappa shape index (κ1) is 18.8. The van der Waals surface area contributed by atoms with Crippen LogP contribution in [0, 0.1) is 0 Å². The van der Waals surface area contributed by atoms with Gasteiger partial charge in [-0.3, -0.25) is 4.90 Å². The molecule has 0 bridgehead atoms. The maximum absolute atomic E-state index is 12.8. The molecule has 2 aromatic carbocycles. The van der Waals surface area contributed by atoms with Crippen molar-refractivity contribution in [3.8, 4) is 0 Å². The molecule has 2 unspecified atom stereocenters. The Kier molecular flexibility index (Phi) is 5.35. The lowest BCUT2D eigenvalue weighted by Crippen LogP contribution is -2.49.